The third-order valence-corrected chi connectivity index (χ3v) is 6.80. The van der Waals surface area contributed by atoms with E-state index in [1.54, 1.807) is 32.7 Å². The van der Waals surface area contributed by atoms with Gasteiger partial charge in [0.2, 0.25) is 5.91 Å². The Balaban J connectivity index is 1.74. The second kappa shape index (κ2) is 7.89. The number of anilines is 1. The number of hydrogen-bond donors (Lipinski definition) is 1. The Morgan fingerprint density at radius 1 is 1.34 bits per heavy atom. The number of Topliss-reactive ketones (excluding diaryl/α,β-unsaturated/α-hetero) is 1. The quantitative estimate of drug-likeness (QED) is 0.442. The van der Waals surface area contributed by atoms with E-state index < -0.39 is 17.6 Å². The first kappa shape index (κ1) is 21.5. The van der Waals surface area contributed by atoms with Crippen molar-refractivity contribution < 1.29 is 19.1 Å². The molecule has 1 aromatic rings. The summed E-state index contributed by atoms with van der Waals surface area (Å²) in [4.78, 5) is 39.9. The highest BCUT2D eigenvalue weighted by molar-refractivity contribution is 7.18. The van der Waals surface area contributed by atoms with Gasteiger partial charge in [-0.3, -0.25) is 9.59 Å². The average Bonchev–Trinajstić information content (AvgIpc) is 3.21. The van der Waals surface area contributed by atoms with Crippen LogP contribution in [-0.2, 0) is 9.53 Å². The van der Waals surface area contributed by atoms with Gasteiger partial charge in [0.25, 0.3) is 0 Å². The Kier molecular flexibility index (Phi) is 5.85. The minimum absolute atomic E-state index is 0.0927. The van der Waals surface area contributed by atoms with E-state index >= 15 is 0 Å². The normalized spacial score (nSPS) is 24.1. The van der Waals surface area contributed by atoms with Crippen LogP contribution in [0.1, 0.15) is 67.8 Å². The van der Waals surface area contributed by atoms with Crippen molar-refractivity contribution in [3.8, 4) is 0 Å². The second-order valence-corrected chi connectivity index (χ2v) is 10.0. The lowest BCUT2D eigenvalue weighted by Crippen LogP contribution is -2.41. The van der Waals surface area contributed by atoms with Gasteiger partial charge in [0.15, 0.2) is 5.78 Å². The van der Waals surface area contributed by atoms with Gasteiger partial charge in [0, 0.05) is 7.05 Å². The lowest BCUT2D eigenvalue weighted by atomic mass is 9.87. The van der Waals surface area contributed by atoms with Crippen LogP contribution in [0.15, 0.2) is 5.10 Å². The Bertz CT molecular complexity index is 868. The van der Waals surface area contributed by atoms with Crippen molar-refractivity contribution in [2.75, 3.05) is 11.9 Å². The lowest BCUT2D eigenvalue weighted by molar-refractivity contribution is -0.121. The molecule has 0 radical (unpaired) electrons. The zero-order valence-electron chi connectivity index (χ0n) is 17.9. The fraction of sp³-hybridized carbons (Fsp3) is 0.619. The van der Waals surface area contributed by atoms with Gasteiger partial charge in [-0.15, -0.1) is 11.3 Å². The van der Waals surface area contributed by atoms with E-state index in [1.165, 1.54) is 24.0 Å². The van der Waals surface area contributed by atoms with Crippen LogP contribution in [-0.4, -0.2) is 36.6 Å². The molecule has 1 saturated carbocycles. The van der Waals surface area contributed by atoms with Crippen molar-refractivity contribution in [3.63, 3.8) is 0 Å². The Morgan fingerprint density at radius 2 is 2.00 bits per heavy atom. The van der Waals surface area contributed by atoms with E-state index in [0.29, 0.717) is 28.8 Å². The number of nitrogens with one attached hydrogen (secondary N) is 1. The molecule has 7 nitrogen and oxygen atoms in total. The summed E-state index contributed by atoms with van der Waals surface area (Å²) in [6, 6.07) is 0. The zero-order chi connectivity index (χ0) is 21.5. The van der Waals surface area contributed by atoms with E-state index in [4.69, 9.17) is 4.74 Å². The average molecular weight is 420 g/mol. The van der Waals surface area contributed by atoms with Gasteiger partial charge >= 0.3 is 6.09 Å². The smallest absolute Gasteiger partial charge is 0.428 e. The molecule has 1 aliphatic heterocycles. The van der Waals surface area contributed by atoms with Crippen molar-refractivity contribution >= 4 is 40.3 Å². The maximum Gasteiger partial charge on any atom is 0.428 e. The first-order chi connectivity index (χ1) is 13.5. The van der Waals surface area contributed by atoms with E-state index in [2.05, 4.69) is 17.5 Å². The highest BCUT2D eigenvalue weighted by Crippen LogP contribution is 2.45. The monoisotopic (exact) mass is 419 g/mol. The fourth-order valence-corrected chi connectivity index (χ4v) is 4.82. The van der Waals surface area contributed by atoms with Crippen molar-refractivity contribution in [3.05, 3.63) is 16.0 Å². The largest absolute Gasteiger partial charge is 0.443 e. The topological polar surface area (TPSA) is 88.1 Å². The number of nitrogens with zero attached hydrogens (tertiary/aromatic N) is 2. The molecule has 1 N–H and O–H groups in total. The molecule has 0 saturated heterocycles. The van der Waals surface area contributed by atoms with Crippen LogP contribution in [0.25, 0.3) is 0 Å². The van der Waals surface area contributed by atoms with Gasteiger partial charge in [-0.05, 0) is 64.4 Å². The summed E-state index contributed by atoms with van der Waals surface area (Å²) >= 11 is 1.32. The van der Waals surface area contributed by atoms with Crippen LogP contribution in [0.3, 0.4) is 0 Å². The standard InChI is InChI=1S/C21H29N3O4S/c1-11-9-13(11)7-8-14-17(25)16-12(2)15(29-19(16)24(6)18(14)26)10-22-23-20(27)28-21(3,4)5/h10-11,13-14H,7-9H2,1-6H3,(H,23,27)/b22-10+/t11-,13-,14?/m0/s1. The third-order valence-electron chi connectivity index (χ3n) is 5.50. The molecule has 2 aliphatic rings. The number of carbonyl (C=O) groups excluding carboxylic acids is 3. The van der Waals surface area contributed by atoms with Crippen molar-refractivity contribution in [2.45, 2.75) is 59.5 Å². The highest BCUT2D eigenvalue weighted by Gasteiger charge is 2.42. The molecule has 1 fully saturated rings. The molecule has 29 heavy (non-hydrogen) atoms. The van der Waals surface area contributed by atoms with Crippen LogP contribution in [0.4, 0.5) is 9.80 Å². The SMILES string of the molecule is Cc1c(/C=N/NC(=O)OC(C)(C)C)sc2c1C(=O)C(CC[C@H]1C[C@@H]1C)C(=O)N2C. The maximum atomic E-state index is 13.1. The van der Waals surface area contributed by atoms with Crippen LogP contribution in [0.2, 0.25) is 0 Å². The van der Waals surface area contributed by atoms with Crippen molar-refractivity contribution in [1.29, 1.82) is 0 Å². The summed E-state index contributed by atoms with van der Waals surface area (Å²) in [6.07, 6.45) is 3.57. The van der Waals surface area contributed by atoms with E-state index in [-0.39, 0.29) is 11.7 Å². The van der Waals surface area contributed by atoms with E-state index in [1.807, 2.05) is 6.92 Å². The lowest BCUT2D eigenvalue weighted by Gasteiger charge is -2.28. The molecule has 1 aromatic heterocycles. The van der Waals surface area contributed by atoms with Crippen molar-refractivity contribution in [2.24, 2.45) is 22.9 Å². The number of fused-ring (bicyclic) bond motifs is 1. The summed E-state index contributed by atoms with van der Waals surface area (Å²) in [5.41, 5.74) is 3.11. The number of carbonyl (C=O) groups is 3. The number of ether oxygens (including phenoxy) is 1. The fourth-order valence-electron chi connectivity index (χ4n) is 3.67. The number of rotatable bonds is 5. The van der Waals surface area contributed by atoms with Gasteiger partial charge in [-0.2, -0.15) is 5.10 Å². The number of hydrogen-bond acceptors (Lipinski definition) is 6. The predicted molar refractivity (Wildman–Crippen MR) is 114 cm³/mol. The molecule has 1 unspecified atom stereocenters. The Labute approximate surface area is 175 Å². The molecule has 158 valence electrons. The second-order valence-electron chi connectivity index (χ2n) is 9.01. The van der Waals surface area contributed by atoms with Crippen LogP contribution < -0.4 is 10.3 Å². The van der Waals surface area contributed by atoms with Crippen LogP contribution >= 0.6 is 11.3 Å². The molecule has 8 heteroatoms. The third kappa shape index (κ3) is 4.69. The minimum Gasteiger partial charge on any atom is -0.443 e. The number of hydrazone groups is 1. The molecular formula is C21H29N3O4S. The predicted octanol–water partition coefficient (Wildman–Crippen LogP) is 4.13. The summed E-state index contributed by atoms with van der Waals surface area (Å²) < 4.78 is 5.14. The molecule has 0 bridgehead atoms. The molecule has 3 rings (SSSR count). The first-order valence-electron chi connectivity index (χ1n) is 9.96. The van der Waals surface area contributed by atoms with Gasteiger partial charge in [0.05, 0.1) is 16.7 Å². The summed E-state index contributed by atoms with van der Waals surface area (Å²) in [7, 11) is 1.72. The maximum absolute atomic E-state index is 13.1. The molecule has 3 atom stereocenters. The van der Waals surface area contributed by atoms with Gasteiger partial charge < -0.3 is 9.64 Å². The van der Waals surface area contributed by atoms with E-state index in [0.717, 1.165) is 16.9 Å². The van der Waals surface area contributed by atoms with Gasteiger partial charge in [0.1, 0.15) is 16.5 Å². The summed E-state index contributed by atoms with van der Waals surface area (Å²) in [5, 5.41) is 4.59. The molecule has 0 aromatic carbocycles. The highest BCUT2D eigenvalue weighted by atomic mass is 32.1. The van der Waals surface area contributed by atoms with Gasteiger partial charge in [-0.1, -0.05) is 6.92 Å². The van der Waals surface area contributed by atoms with Gasteiger partial charge in [-0.25, -0.2) is 10.2 Å². The van der Waals surface area contributed by atoms with E-state index in [9.17, 15) is 14.4 Å². The molecule has 0 spiro atoms. The first-order valence-corrected chi connectivity index (χ1v) is 10.8. The summed E-state index contributed by atoms with van der Waals surface area (Å²) in [5.74, 6) is 0.531. The Hall–Kier alpha value is -2.22. The number of thiophene rings is 1. The number of ketones is 1. The molecule has 1 aliphatic carbocycles. The minimum atomic E-state index is -0.648. The molecule has 2 amide bonds. The molecule has 2 heterocycles. The zero-order valence-corrected chi connectivity index (χ0v) is 18.7. The summed E-state index contributed by atoms with van der Waals surface area (Å²) in [6.45, 7) is 9.37. The molecular weight excluding hydrogens is 390 g/mol. The number of amides is 2. The van der Waals surface area contributed by atoms with Crippen LogP contribution in [0, 0.1) is 24.7 Å². The Morgan fingerprint density at radius 3 is 2.59 bits per heavy atom. The van der Waals surface area contributed by atoms with Crippen LogP contribution in [0.5, 0.6) is 0 Å². The van der Waals surface area contributed by atoms with Crippen molar-refractivity contribution in [1.82, 2.24) is 5.43 Å².